The minimum atomic E-state index is 0.740. The quantitative estimate of drug-likeness (QED) is 0.641. The van der Waals surface area contributed by atoms with Crippen molar-refractivity contribution in [2.45, 2.75) is 6.92 Å². The highest BCUT2D eigenvalue weighted by Gasteiger charge is 1.97. The molecule has 0 aromatic carbocycles. The molecule has 1 nitrogen and oxygen atoms in total. The van der Waals surface area contributed by atoms with E-state index in [1.807, 2.05) is 23.8 Å². The fourth-order valence-electron chi connectivity index (χ4n) is 0.934. The van der Waals surface area contributed by atoms with E-state index in [1.165, 1.54) is 11.3 Å². The van der Waals surface area contributed by atoms with Crippen LogP contribution in [-0.4, -0.2) is 4.98 Å². The molecule has 0 fully saturated rings. The molecule has 0 N–H and O–H groups in total. The molecule has 0 aliphatic carbocycles. The predicted octanol–water partition coefficient (Wildman–Crippen LogP) is 3.57. The summed E-state index contributed by atoms with van der Waals surface area (Å²) in [7, 11) is 0. The lowest BCUT2D eigenvalue weighted by atomic mass is 10.3. The molecule has 2 aromatic rings. The summed E-state index contributed by atoms with van der Waals surface area (Å²) in [5, 5.41) is 4.91. The number of hydrogen-bond donors (Lipinski definition) is 0. The van der Waals surface area contributed by atoms with Crippen molar-refractivity contribution in [2.24, 2.45) is 0 Å². The van der Waals surface area contributed by atoms with E-state index in [9.17, 15) is 0 Å². The zero-order valence-electron chi connectivity index (χ0n) is 7.37. The monoisotopic (exact) mass is 239 g/mol. The van der Waals surface area contributed by atoms with Crippen LogP contribution in [0.4, 0.5) is 0 Å². The number of nitrogens with zero attached hydrogens (tertiary/aromatic N) is 1. The lowest BCUT2D eigenvalue weighted by molar-refractivity contribution is 1.27. The van der Waals surface area contributed by atoms with Crippen molar-refractivity contribution in [3.05, 3.63) is 37.4 Å². The maximum atomic E-state index is 5.91. The molecule has 0 bridgehead atoms. The average molecular weight is 240 g/mol. The van der Waals surface area contributed by atoms with Gasteiger partial charge >= 0.3 is 0 Å². The summed E-state index contributed by atoms with van der Waals surface area (Å²) in [4.78, 5) is 4.25. The molecule has 70 valence electrons. The van der Waals surface area contributed by atoms with Crippen LogP contribution in [0, 0.1) is 18.8 Å². The van der Waals surface area contributed by atoms with Crippen LogP contribution in [0.1, 0.15) is 16.3 Å². The Labute approximate surface area is 95.4 Å². The van der Waals surface area contributed by atoms with Gasteiger partial charge in [0.15, 0.2) is 0 Å². The first-order valence-corrected chi connectivity index (χ1v) is 6.06. The van der Waals surface area contributed by atoms with Crippen LogP contribution in [0.2, 0.25) is 4.34 Å². The third kappa shape index (κ3) is 2.16. The van der Waals surface area contributed by atoms with Crippen LogP contribution >= 0.6 is 34.3 Å². The molecule has 0 unspecified atom stereocenters. The van der Waals surface area contributed by atoms with E-state index < -0.39 is 0 Å². The Morgan fingerprint density at radius 2 is 2.21 bits per heavy atom. The van der Waals surface area contributed by atoms with Crippen LogP contribution < -0.4 is 0 Å². The molecule has 4 heteroatoms. The molecule has 2 heterocycles. The molecule has 2 rings (SSSR count). The third-order valence-corrected chi connectivity index (χ3v) is 3.51. The molecule has 0 radical (unpaired) electrons. The van der Waals surface area contributed by atoms with Crippen molar-refractivity contribution in [1.82, 2.24) is 4.98 Å². The van der Waals surface area contributed by atoms with Gasteiger partial charge in [-0.15, -0.1) is 22.7 Å². The molecule has 2 aromatic heterocycles. The molecule has 0 saturated heterocycles. The average Bonchev–Trinajstić information content (AvgIpc) is 2.72. The Hall–Kier alpha value is -0.820. The maximum absolute atomic E-state index is 5.91. The first kappa shape index (κ1) is 9.72. The lowest BCUT2D eigenvalue weighted by Gasteiger charge is -1.81. The van der Waals surface area contributed by atoms with E-state index >= 15 is 0 Å². The van der Waals surface area contributed by atoms with E-state index in [0.29, 0.717) is 0 Å². The molecule has 0 spiro atoms. The standard InChI is InChI=1S/C10H6ClNS2/c1-7-12-9(6-14-7)3-2-8-4-5-13-10(8)11/h4-6H,1H3. The highest BCUT2D eigenvalue weighted by Crippen LogP contribution is 2.21. The molecule has 0 amide bonds. The molecular formula is C10H6ClNS2. The van der Waals surface area contributed by atoms with Crippen LogP contribution in [0.25, 0.3) is 0 Å². The van der Waals surface area contributed by atoms with Crippen molar-refractivity contribution in [2.75, 3.05) is 0 Å². The Morgan fingerprint density at radius 3 is 2.79 bits per heavy atom. The second kappa shape index (κ2) is 4.14. The Kier molecular flexibility index (Phi) is 2.87. The second-order valence-corrected chi connectivity index (χ2v) is 5.19. The Balaban J connectivity index is 2.27. The molecule has 0 aliphatic heterocycles. The second-order valence-electron chi connectivity index (χ2n) is 2.61. The van der Waals surface area contributed by atoms with Gasteiger partial charge in [0, 0.05) is 5.38 Å². The van der Waals surface area contributed by atoms with E-state index in [-0.39, 0.29) is 0 Å². The number of aromatic nitrogens is 1. The van der Waals surface area contributed by atoms with Crippen molar-refractivity contribution in [3.63, 3.8) is 0 Å². The van der Waals surface area contributed by atoms with Crippen molar-refractivity contribution < 1.29 is 0 Å². The molecule has 0 aliphatic rings. The summed E-state index contributed by atoms with van der Waals surface area (Å²) in [6, 6.07) is 1.92. The summed E-state index contributed by atoms with van der Waals surface area (Å²) in [5.74, 6) is 5.98. The normalized spacial score (nSPS) is 9.57. The summed E-state index contributed by atoms with van der Waals surface area (Å²) >= 11 is 9.00. The minimum absolute atomic E-state index is 0.740. The van der Waals surface area contributed by atoms with Crippen LogP contribution in [-0.2, 0) is 0 Å². The fraction of sp³-hybridized carbons (Fsp3) is 0.100. The van der Waals surface area contributed by atoms with Gasteiger partial charge in [0.2, 0.25) is 0 Å². The van der Waals surface area contributed by atoms with Gasteiger partial charge in [-0.05, 0) is 24.3 Å². The number of hydrogen-bond acceptors (Lipinski definition) is 3. The van der Waals surface area contributed by atoms with Gasteiger partial charge in [0.05, 0.1) is 10.6 Å². The maximum Gasteiger partial charge on any atom is 0.124 e. The highest BCUT2D eigenvalue weighted by atomic mass is 35.5. The molecular weight excluding hydrogens is 234 g/mol. The zero-order chi connectivity index (χ0) is 9.97. The van der Waals surface area contributed by atoms with Crippen molar-refractivity contribution in [3.8, 4) is 11.8 Å². The SMILES string of the molecule is Cc1nc(C#Cc2ccsc2Cl)cs1. The van der Waals surface area contributed by atoms with Gasteiger partial charge in [-0.25, -0.2) is 4.98 Å². The van der Waals surface area contributed by atoms with Gasteiger partial charge < -0.3 is 0 Å². The summed E-state index contributed by atoms with van der Waals surface area (Å²) in [5.41, 5.74) is 1.69. The van der Waals surface area contributed by atoms with Crippen molar-refractivity contribution >= 4 is 34.3 Å². The van der Waals surface area contributed by atoms with Gasteiger partial charge in [-0.1, -0.05) is 17.5 Å². The predicted molar refractivity (Wildman–Crippen MR) is 62.2 cm³/mol. The van der Waals surface area contributed by atoms with Crippen LogP contribution in [0.3, 0.4) is 0 Å². The summed E-state index contributed by atoms with van der Waals surface area (Å²) in [6.45, 7) is 1.97. The zero-order valence-corrected chi connectivity index (χ0v) is 9.76. The fourth-order valence-corrected chi connectivity index (χ4v) is 2.31. The third-order valence-electron chi connectivity index (χ3n) is 1.56. The number of thiazole rings is 1. The Bertz CT molecular complexity index is 501. The van der Waals surface area contributed by atoms with E-state index in [2.05, 4.69) is 16.8 Å². The minimum Gasteiger partial charge on any atom is -0.233 e. The number of rotatable bonds is 0. The topological polar surface area (TPSA) is 12.9 Å². The van der Waals surface area contributed by atoms with Gasteiger partial charge in [-0.3, -0.25) is 0 Å². The number of aryl methyl sites for hydroxylation is 1. The number of thiophene rings is 1. The van der Waals surface area contributed by atoms with E-state index in [1.54, 1.807) is 11.3 Å². The number of halogens is 1. The van der Waals surface area contributed by atoms with Crippen LogP contribution in [0.5, 0.6) is 0 Å². The molecule has 14 heavy (non-hydrogen) atoms. The lowest BCUT2D eigenvalue weighted by Crippen LogP contribution is -1.74. The van der Waals surface area contributed by atoms with Gasteiger partial charge in [-0.2, -0.15) is 0 Å². The van der Waals surface area contributed by atoms with E-state index in [0.717, 1.165) is 20.6 Å². The summed E-state index contributed by atoms with van der Waals surface area (Å²) < 4.78 is 0.740. The van der Waals surface area contributed by atoms with E-state index in [4.69, 9.17) is 11.6 Å². The van der Waals surface area contributed by atoms with Gasteiger partial charge in [0.25, 0.3) is 0 Å². The largest absolute Gasteiger partial charge is 0.233 e. The summed E-state index contributed by atoms with van der Waals surface area (Å²) in [6.07, 6.45) is 0. The van der Waals surface area contributed by atoms with Crippen molar-refractivity contribution in [1.29, 1.82) is 0 Å². The van der Waals surface area contributed by atoms with Crippen LogP contribution in [0.15, 0.2) is 16.8 Å². The Morgan fingerprint density at radius 1 is 1.36 bits per heavy atom. The van der Waals surface area contributed by atoms with Gasteiger partial charge in [0.1, 0.15) is 10.0 Å². The first-order valence-electron chi connectivity index (χ1n) is 3.93. The highest BCUT2D eigenvalue weighted by molar-refractivity contribution is 7.14. The smallest absolute Gasteiger partial charge is 0.124 e. The first-order chi connectivity index (χ1) is 6.75. The molecule has 0 atom stereocenters. The molecule has 0 saturated carbocycles.